The number of benzene rings is 1. The summed E-state index contributed by atoms with van der Waals surface area (Å²) in [4.78, 5) is 32.3. The molecule has 2 N–H and O–H groups in total. The van der Waals surface area contributed by atoms with E-state index in [0.29, 0.717) is 30.6 Å². The first-order valence-corrected chi connectivity index (χ1v) is 6.34. The van der Waals surface area contributed by atoms with E-state index >= 15 is 0 Å². The van der Waals surface area contributed by atoms with E-state index in [9.17, 15) is 14.4 Å². The zero-order valence-electron chi connectivity index (χ0n) is 11.4. The maximum Gasteiger partial charge on any atom is 0.329 e. The summed E-state index contributed by atoms with van der Waals surface area (Å²) in [6, 6.07) is 6.27. The van der Waals surface area contributed by atoms with Gasteiger partial charge in [-0.3, -0.25) is 9.59 Å². The normalized spacial score (nSPS) is 10.1. The summed E-state index contributed by atoms with van der Waals surface area (Å²) in [5.74, 6) is -1.28. The molecule has 0 aromatic heterocycles. The van der Waals surface area contributed by atoms with Crippen molar-refractivity contribution in [3.63, 3.8) is 0 Å². The van der Waals surface area contributed by atoms with Crippen LogP contribution in [0.3, 0.4) is 0 Å². The molecule has 1 rings (SSSR count). The lowest BCUT2D eigenvalue weighted by molar-refractivity contribution is -0.142. The molecular weight excluding hydrogens is 278 g/mol. The van der Waals surface area contributed by atoms with Crippen molar-refractivity contribution in [1.82, 2.24) is 5.32 Å². The van der Waals surface area contributed by atoms with Gasteiger partial charge < -0.3 is 19.9 Å². The number of carboxylic acids is 1. The summed E-state index contributed by atoms with van der Waals surface area (Å²) < 4.78 is 9.93. The molecule has 0 heterocycles. The fraction of sp³-hybridized carbons (Fsp3) is 0.357. The molecule has 0 unspecified atom stereocenters. The number of carbonyl (C=O) groups excluding carboxylic acids is 2. The fourth-order valence-electron chi connectivity index (χ4n) is 1.43. The molecule has 21 heavy (non-hydrogen) atoms. The van der Waals surface area contributed by atoms with Gasteiger partial charge in [0.15, 0.2) is 0 Å². The van der Waals surface area contributed by atoms with Gasteiger partial charge in [0.2, 0.25) is 0 Å². The Labute approximate surface area is 121 Å². The monoisotopic (exact) mass is 295 g/mol. The van der Waals surface area contributed by atoms with Crippen molar-refractivity contribution in [1.29, 1.82) is 0 Å². The molecule has 1 amide bonds. The molecule has 0 aliphatic carbocycles. The van der Waals surface area contributed by atoms with Gasteiger partial charge in [-0.25, -0.2) is 4.79 Å². The van der Waals surface area contributed by atoms with E-state index in [1.54, 1.807) is 24.3 Å². The van der Waals surface area contributed by atoms with Gasteiger partial charge in [0.25, 0.3) is 5.91 Å². The number of rotatable bonds is 10. The first-order chi connectivity index (χ1) is 10.1. The maximum absolute atomic E-state index is 11.7. The molecule has 0 atom stereocenters. The number of aliphatic carboxylic acids is 1. The third-order valence-corrected chi connectivity index (χ3v) is 2.44. The van der Waals surface area contributed by atoms with Crippen molar-refractivity contribution in [2.45, 2.75) is 0 Å². The van der Waals surface area contributed by atoms with Gasteiger partial charge in [0, 0.05) is 17.7 Å². The summed E-state index contributed by atoms with van der Waals surface area (Å²) in [6.45, 7) is 0.725. The highest BCUT2D eigenvalue weighted by molar-refractivity contribution is 5.94. The molecule has 0 bridgehead atoms. The number of amides is 1. The zero-order chi connectivity index (χ0) is 15.5. The lowest BCUT2D eigenvalue weighted by Gasteiger charge is -2.06. The van der Waals surface area contributed by atoms with E-state index in [4.69, 9.17) is 14.6 Å². The number of carboxylic acid groups (broad SMARTS) is 1. The van der Waals surface area contributed by atoms with Crippen LogP contribution in [0.2, 0.25) is 0 Å². The number of ether oxygens (including phenoxy) is 2. The Bertz CT molecular complexity index is 471. The molecule has 0 spiro atoms. The summed E-state index contributed by atoms with van der Waals surface area (Å²) in [5.41, 5.74) is 0.974. The van der Waals surface area contributed by atoms with Crippen molar-refractivity contribution in [3.8, 4) is 0 Å². The van der Waals surface area contributed by atoms with Crippen molar-refractivity contribution >= 4 is 18.2 Å². The third kappa shape index (κ3) is 7.19. The Balaban J connectivity index is 2.10. The molecular formula is C14H17NO6. The fourth-order valence-corrected chi connectivity index (χ4v) is 1.43. The lowest BCUT2D eigenvalue weighted by Crippen LogP contribution is -2.27. The number of hydrogen-bond donors (Lipinski definition) is 2. The summed E-state index contributed by atoms with van der Waals surface area (Å²) >= 11 is 0. The van der Waals surface area contributed by atoms with Gasteiger partial charge in [0.1, 0.15) is 12.9 Å². The van der Waals surface area contributed by atoms with Crippen LogP contribution in [-0.2, 0) is 14.3 Å². The molecule has 7 heteroatoms. The topological polar surface area (TPSA) is 102 Å². The minimum Gasteiger partial charge on any atom is -0.480 e. The minimum absolute atomic E-state index is 0.188. The van der Waals surface area contributed by atoms with E-state index in [0.717, 1.165) is 0 Å². The van der Waals surface area contributed by atoms with Gasteiger partial charge in [-0.1, -0.05) is 12.1 Å². The molecule has 0 aliphatic rings. The molecule has 1 aromatic carbocycles. The largest absolute Gasteiger partial charge is 0.480 e. The van der Waals surface area contributed by atoms with Crippen LogP contribution >= 0.6 is 0 Å². The van der Waals surface area contributed by atoms with Crippen LogP contribution in [0.1, 0.15) is 20.7 Å². The van der Waals surface area contributed by atoms with Crippen LogP contribution < -0.4 is 5.32 Å². The van der Waals surface area contributed by atoms with Crippen LogP contribution in [-0.4, -0.2) is 56.2 Å². The number of hydrogen-bond acceptors (Lipinski definition) is 5. The highest BCUT2D eigenvalue weighted by Gasteiger charge is 2.04. The highest BCUT2D eigenvalue weighted by Crippen LogP contribution is 2.02. The van der Waals surface area contributed by atoms with Crippen LogP contribution in [0.5, 0.6) is 0 Å². The Hall–Kier alpha value is -2.25. The van der Waals surface area contributed by atoms with Crippen molar-refractivity contribution < 1.29 is 29.0 Å². The van der Waals surface area contributed by atoms with Crippen LogP contribution in [0.15, 0.2) is 24.3 Å². The number of carbonyl (C=O) groups is 3. The van der Waals surface area contributed by atoms with Crippen molar-refractivity contribution in [2.75, 3.05) is 33.0 Å². The predicted octanol–water partition coefficient (Wildman–Crippen LogP) is 0.347. The van der Waals surface area contributed by atoms with E-state index in [1.807, 2.05) is 0 Å². The number of aldehydes is 1. The van der Waals surface area contributed by atoms with Crippen LogP contribution in [0.4, 0.5) is 0 Å². The second-order valence-electron chi connectivity index (χ2n) is 4.05. The average Bonchev–Trinajstić information content (AvgIpc) is 2.49. The van der Waals surface area contributed by atoms with Crippen molar-refractivity contribution in [3.05, 3.63) is 35.4 Å². The summed E-state index contributed by atoms with van der Waals surface area (Å²) in [6.07, 6.45) is 0.710. The molecule has 114 valence electrons. The first kappa shape index (κ1) is 16.8. The Morgan fingerprint density at radius 2 is 1.76 bits per heavy atom. The quantitative estimate of drug-likeness (QED) is 0.477. The molecule has 7 nitrogen and oxygen atoms in total. The minimum atomic E-state index is -1.03. The molecule has 1 aromatic rings. The predicted molar refractivity (Wildman–Crippen MR) is 73.4 cm³/mol. The zero-order valence-corrected chi connectivity index (χ0v) is 11.4. The maximum atomic E-state index is 11.7. The molecule has 0 radical (unpaired) electrons. The average molecular weight is 295 g/mol. The van der Waals surface area contributed by atoms with Gasteiger partial charge in [-0.05, 0) is 12.1 Å². The smallest absolute Gasteiger partial charge is 0.329 e. The summed E-state index contributed by atoms with van der Waals surface area (Å²) in [5, 5.41) is 11.0. The van der Waals surface area contributed by atoms with Gasteiger partial charge in [-0.2, -0.15) is 0 Å². The molecule has 0 saturated carbocycles. The Morgan fingerprint density at radius 3 is 2.38 bits per heavy atom. The van der Waals surface area contributed by atoms with Gasteiger partial charge in [-0.15, -0.1) is 0 Å². The van der Waals surface area contributed by atoms with Gasteiger partial charge in [0.05, 0.1) is 19.8 Å². The van der Waals surface area contributed by atoms with E-state index in [-0.39, 0.29) is 25.7 Å². The first-order valence-electron chi connectivity index (χ1n) is 6.34. The molecule has 0 saturated heterocycles. The molecule has 0 fully saturated rings. The van der Waals surface area contributed by atoms with E-state index in [2.05, 4.69) is 5.32 Å². The number of nitrogens with one attached hydrogen (secondary N) is 1. The second-order valence-corrected chi connectivity index (χ2v) is 4.05. The second kappa shape index (κ2) is 9.62. The SMILES string of the molecule is O=Cc1ccc(C(=O)NCCOCCOCC(=O)O)cc1. The van der Waals surface area contributed by atoms with Gasteiger partial charge >= 0.3 is 5.97 Å². The highest BCUT2D eigenvalue weighted by atomic mass is 16.5. The standard InChI is InChI=1S/C14H17NO6/c16-9-11-1-3-12(4-2-11)14(19)15-5-6-20-7-8-21-10-13(17)18/h1-4,9H,5-8,10H2,(H,15,19)(H,17,18). The Morgan fingerprint density at radius 1 is 1.10 bits per heavy atom. The summed E-state index contributed by atoms with van der Waals surface area (Å²) in [7, 11) is 0. The molecule has 0 aliphatic heterocycles. The van der Waals surface area contributed by atoms with E-state index in [1.165, 1.54) is 0 Å². The van der Waals surface area contributed by atoms with E-state index < -0.39 is 5.97 Å². The van der Waals surface area contributed by atoms with Crippen LogP contribution in [0.25, 0.3) is 0 Å². The third-order valence-electron chi connectivity index (χ3n) is 2.44. The van der Waals surface area contributed by atoms with Crippen LogP contribution in [0, 0.1) is 0 Å². The lowest BCUT2D eigenvalue weighted by atomic mass is 10.1. The van der Waals surface area contributed by atoms with Crippen molar-refractivity contribution in [2.24, 2.45) is 0 Å². The Kier molecular flexibility index (Phi) is 7.70.